The van der Waals surface area contributed by atoms with Gasteiger partial charge in [-0.1, -0.05) is 38.0 Å². The minimum absolute atomic E-state index is 0.154. The normalized spacial score (nSPS) is 10.5. The molecule has 0 aliphatic carbocycles. The van der Waals surface area contributed by atoms with Crippen LogP contribution in [0, 0.1) is 13.8 Å². The number of amides is 2. The molecule has 0 bridgehead atoms. The van der Waals surface area contributed by atoms with Crippen molar-refractivity contribution in [1.82, 2.24) is 9.88 Å². The number of carbonyl (C=O) groups excluding carboxylic acids is 2. The number of ether oxygens (including phenoxy) is 1. The number of benzene rings is 1. The lowest BCUT2D eigenvalue weighted by Gasteiger charge is -2.23. The Morgan fingerprint density at radius 2 is 1.93 bits per heavy atom. The van der Waals surface area contributed by atoms with Crippen LogP contribution in [-0.4, -0.2) is 35.5 Å². The Balaban J connectivity index is 2.14. The summed E-state index contributed by atoms with van der Waals surface area (Å²) in [4.78, 5) is 30.6. The summed E-state index contributed by atoms with van der Waals surface area (Å²) in [7, 11) is 1.33. The molecule has 1 heterocycles. The van der Waals surface area contributed by atoms with Crippen molar-refractivity contribution in [3.63, 3.8) is 0 Å². The van der Waals surface area contributed by atoms with Crippen LogP contribution < -0.4 is 5.32 Å². The van der Waals surface area contributed by atoms with E-state index in [2.05, 4.69) is 17.2 Å². The Hall–Kier alpha value is -2.41. The lowest BCUT2D eigenvalue weighted by molar-refractivity contribution is 0.0594. The molecule has 7 heteroatoms. The van der Waals surface area contributed by atoms with Crippen LogP contribution in [0.25, 0.3) is 0 Å². The number of unbranched alkanes of at least 4 members (excludes halogenated alkanes) is 2. The van der Waals surface area contributed by atoms with Crippen molar-refractivity contribution in [2.45, 2.75) is 46.6 Å². The molecule has 2 amide bonds. The number of aromatic nitrogens is 1. The molecule has 6 nitrogen and oxygen atoms in total. The number of hydrogen-bond donors (Lipinski definition) is 1. The van der Waals surface area contributed by atoms with E-state index in [1.165, 1.54) is 18.4 Å². The highest BCUT2D eigenvalue weighted by Gasteiger charge is 2.18. The molecule has 1 N–H and O–H groups in total. The number of rotatable bonds is 8. The summed E-state index contributed by atoms with van der Waals surface area (Å²) in [5.41, 5.74) is 3.18. The topological polar surface area (TPSA) is 71.5 Å². The summed E-state index contributed by atoms with van der Waals surface area (Å²) in [6.07, 6.45) is 3.06. The highest BCUT2D eigenvalue weighted by Crippen LogP contribution is 2.21. The van der Waals surface area contributed by atoms with Crippen molar-refractivity contribution in [3.05, 3.63) is 45.4 Å². The summed E-state index contributed by atoms with van der Waals surface area (Å²) in [6, 6.07) is 5.78. The number of urea groups is 1. The molecular formula is C20H27N3O3S. The lowest BCUT2D eigenvalue weighted by atomic mass is 10.1. The quantitative estimate of drug-likeness (QED) is 0.521. The molecule has 1 aromatic heterocycles. The average Bonchev–Trinajstić information content (AvgIpc) is 3.12. The van der Waals surface area contributed by atoms with Crippen molar-refractivity contribution in [3.8, 4) is 0 Å². The van der Waals surface area contributed by atoms with Gasteiger partial charge in [0.05, 0.1) is 13.7 Å². The van der Waals surface area contributed by atoms with Crippen molar-refractivity contribution >= 4 is 29.0 Å². The Bertz CT molecular complexity index is 768. The number of aryl methyl sites for hydroxylation is 2. The van der Waals surface area contributed by atoms with E-state index >= 15 is 0 Å². The van der Waals surface area contributed by atoms with E-state index < -0.39 is 5.97 Å². The van der Waals surface area contributed by atoms with Gasteiger partial charge in [-0.15, -0.1) is 11.3 Å². The first-order chi connectivity index (χ1) is 13.0. The molecular weight excluding hydrogens is 362 g/mol. The van der Waals surface area contributed by atoms with E-state index in [0.717, 1.165) is 36.1 Å². The lowest BCUT2D eigenvalue weighted by Crippen LogP contribution is -2.35. The van der Waals surface area contributed by atoms with Crippen LogP contribution in [0.2, 0.25) is 0 Å². The van der Waals surface area contributed by atoms with Gasteiger partial charge < -0.3 is 15.0 Å². The number of hydrogen-bond acceptors (Lipinski definition) is 5. The number of esters is 1. The fourth-order valence-electron chi connectivity index (χ4n) is 2.75. The maximum atomic E-state index is 12.9. The maximum Gasteiger partial charge on any atom is 0.357 e. The van der Waals surface area contributed by atoms with Crippen molar-refractivity contribution < 1.29 is 14.3 Å². The Morgan fingerprint density at radius 1 is 1.22 bits per heavy atom. The molecule has 0 saturated carbocycles. The number of para-hydroxylation sites is 1. The van der Waals surface area contributed by atoms with E-state index in [1.807, 2.05) is 32.0 Å². The maximum absolute atomic E-state index is 12.9. The zero-order chi connectivity index (χ0) is 19.8. The first-order valence-electron chi connectivity index (χ1n) is 9.11. The highest BCUT2D eigenvalue weighted by atomic mass is 32.1. The van der Waals surface area contributed by atoms with Crippen LogP contribution in [0.15, 0.2) is 23.6 Å². The zero-order valence-electron chi connectivity index (χ0n) is 16.4. The van der Waals surface area contributed by atoms with Crippen molar-refractivity contribution in [1.29, 1.82) is 0 Å². The number of methoxy groups -OCH3 is 1. The van der Waals surface area contributed by atoms with Crippen LogP contribution >= 0.6 is 11.3 Å². The SMILES string of the molecule is CCCCCN(Cc1nc(C(=O)OC)cs1)C(=O)Nc1c(C)cccc1C. The zero-order valence-corrected chi connectivity index (χ0v) is 17.2. The molecule has 0 atom stereocenters. The summed E-state index contributed by atoms with van der Waals surface area (Å²) >= 11 is 1.36. The molecule has 0 spiro atoms. The molecule has 0 saturated heterocycles. The highest BCUT2D eigenvalue weighted by molar-refractivity contribution is 7.09. The van der Waals surface area contributed by atoms with Crippen LogP contribution in [-0.2, 0) is 11.3 Å². The molecule has 2 rings (SSSR count). The smallest absolute Gasteiger partial charge is 0.357 e. The summed E-state index contributed by atoms with van der Waals surface area (Å²) in [5, 5.41) is 5.41. The Morgan fingerprint density at radius 3 is 2.56 bits per heavy atom. The molecule has 0 aliphatic heterocycles. The second-order valence-corrected chi connectivity index (χ2v) is 7.39. The van der Waals surface area contributed by atoms with E-state index in [0.29, 0.717) is 18.1 Å². The molecule has 146 valence electrons. The second kappa shape index (κ2) is 10.1. The number of nitrogens with zero attached hydrogens (tertiary/aromatic N) is 2. The molecule has 27 heavy (non-hydrogen) atoms. The number of nitrogens with one attached hydrogen (secondary N) is 1. The van der Waals surface area contributed by atoms with Gasteiger partial charge >= 0.3 is 12.0 Å². The van der Waals surface area contributed by atoms with Gasteiger partial charge in [0, 0.05) is 17.6 Å². The Kier molecular flexibility index (Phi) is 7.79. The number of thiazole rings is 1. The van der Waals surface area contributed by atoms with Crippen molar-refractivity contribution in [2.24, 2.45) is 0 Å². The molecule has 1 aromatic carbocycles. The van der Waals surface area contributed by atoms with E-state index in [-0.39, 0.29) is 11.7 Å². The molecule has 0 fully saturated rings. The largest absolute Gasteiger partial charge is 0.464 e. The number of anilines is 1. The summed E-state index contributed by atoms with van der Waals surface area (Å²) in [5.74, 6) is -0.463. The van der Waals surface area contributed by atoms with Crippen molar-refractivity contribution in [2.75, 3.05) is 19.0 Å². The van der Waals surface area contributed by atoms with Crippen LogP contribution in [0.5, 0.6) is 0 Å². The minimum Gasteiger partial charge on any atom is -0.464 e. The van der Waals surface area contributed by atoms with Gasteiger partial charge in [0.2, 0.25) is 0 Å². The molecule has 0 radical (unpaired) electrons. The molecule has 2 aromatic rings. The van der Waals surface area contributed by atoms with Crippen LogP contribution in [0.1, 0.15) is 52.8 Å². The predicted molar refractivity (Wildman–Crippen MR) is 108 cm³/mol. The van der Waals surface area contributed by atoms with Gasteiger partial charge in [-0.2, -0.15) is 0 Å². The molecule has 0 unspecified atom stereocenters. The summed E-state index contributed by atoms with van der Waals surface area (Å²) < 4.78 is 4.70. The minimum atomic E-state index is -0.463. The van der Waals surface area contributed by atoms with Crippen LogP contribution in [0.4, 0.5) is 10.5 Å². The van der Waals surface area contributed by atoms with Gasteiger partial charge in [-0.05, 0) is 31.4 Å². The fourth-order valence-corrected chi connectivity index (χ4v) is 3.53. The standard InChI is InChI=1S/C20H27N3O3S/c1-5-6-7-11-23(12-17-21-16(13-27-17)19(24)26-4)20(25)22-18-14(2)9-8-10-15(18)3/h8-10,13H,5-7,11-12H2,1-4H3,(H,22,25). The summed E-state index contributed by atoms with van der Waals surface area (Å²) in [6.45, 7) is 7.09. The number of carbonyl (C=O) groups is 2. The Labute approximate surface area is 164 Å². The van der Waals surface area contributed by atoms with Gasteiger partial charge in [0.25, 0.3) is 0 Å². The van der Waals surface area contributed by atoms with Gasteiger partial charge in [-0.25, -0.2) is 14.6 Å². The monoisotopic (exact) mass is 389 g/mol. The third kappa shape index (κ3) is 5.79. The van der Waals surface area contributed by atoms with Gasteiger partial charge in [0.1, 0.15) is 5.01 Å². The molecule has 0 aliphatic rings. The van der Waals surface area contributed by atoms with Gasteiger partial charge in [-0.3, -0.25) is 0 Å². The van der Waals surface area contributed by atoms with Gasteiger partial charge in [0.15, 0.2) is 5.69 Å². The first-order valence-corrected chi connectivity index (χ1v) is 9.99. The van der Waals surface area contributed by atoms with Crippen LogP contribution in [0.3, 0.4) is 0 Å². The average molecular weight is 390 g/mol. The third-order valence-electron chi connectivity index (χ3n) is 4.30. The second-order valence-electron chi connectivity index (χ2n) is 6.44. The van der Waals surface area contributed by atoms with E-state index in [4.69, 9.17) is 4.74 Å². The predicted octanol–water partition coefficient (Wildman–Crippen LogP) is 4.77. The van der Waals surface area contributed by atoms with E-state index in [1.54, 1.807) is 10.3 Å². The third-order valence-corrected chi connectivity index (χ3v) is 5.14. The van der Waals surface area contributed by atoms with E-state index in [9.17, 15) is 9.59 Å². The first kappa shape index (κ1) is 20.9. The fraction of sp³-hybridized carbons (Fsp3) is 0.450.